The average Bonchev–Trinajstić information content (AvgIpc) is 2.58. The molecule has 0 saturated heterocycles. The molecule has 90 valence electrons. The highest BCUT2D eigenvalue weighted by molar-refractivity contribution is 7.11. The summed E-state index contributed by atoms with van der Waals surface area (Å²) in [6, 6.07) is 6.66. The Labute approximate surface area is 105 Å². The van der Waals surface area contributed by atoms with E-state index < -0.39 is 0 Å². The molecule has 0 fully saturated rings. The van der Waals surface area contributed by atoms with Crippen LogP contribution in [-0.4, -0.2) is 4.98 Å². The Morgan fingerprint density at radius 3 is 2.76 bits per heavy atom. The molecule has 1 heterocycles. The Hall–Kier alpha value is -1.26. The second-order valence-electron chi connectivity index (χ2n) is 3.97. The summed E-state index contributed by atoms with van der Waals surface area (Å²) in [7, 11) is 0. The first-order chi connectivity index (χ1) is 8.15. The van der Waals surface area contributed by atoms with Crippen LogP contribution in [0.15, 0.2) is 24.3 Å². The zero-order valence-electron chi connectivity index (χ0n) is 9.96. The first kappa shape index (κ1) is 12.2. The first-order valence-corrected chi connectivity index (χ1v) is 6.35. The number of thiazole rings is 1. The molecule has 0 amide bonds. The summed E-state index contributed by atoms with van der Waals surface area (Å²) in [6.07, 6.45) is 0. The molecule has 2 nitrogen and oxygen atoms in total. The number of benzene rings is 1. The fourth-order valence-corrected chi connectivity index (χ4v) is 2.61. The van der Waals surface area contributed by atoms with E-state index in [0.717, 1.165) is 22.8 Å². The van der Waals surface area contributed by atoms with Crippen LogP contribution in [0, 0.1) is 19.7 Å². The predicted octanol–water partition coefficient (Wildman–Crippen LogP) is 3.19. The van der Waals surface area contributed by atoms with Crippen LogP contribution in [0.25, 0.3) is 0 Å². The van der Waals surface area contributed by atoms with Crippen molar-refractivity contribution in [3.63, 3.8) is 0 Å². The molecule has 2 aromatic rings. The maximum absolute atomic E-state index is 12.9. The molecular weight excluding hydrogens is 235 g/mol. The number of hydrogen-bond acceptors (Lipinski definition) is 3. The van der Waals surface area contributed by atoms with Crippen molar-refractivity contribution in [3.05, 3.63) is 51.2 Å². The summed E-state index contributed by atoms with van der Waals surface area (Å²) in [5.41, 5.74) is 2.04. The highest BCUT2D eigenvalue weighted by Crippen LogP contribution is 2.16. The first-order valence-electron chi connectivity index (χ1n) is 5.53. The van der Waals surface area contributed by atoms with Gasteiger partial charge in [0.05, 0.1) is 10.7 Å². The SMILES string of the molecule is Cc1nc(C)c(CNCc2cccc(F)c2)s1. The molecule has 0 aliphatic carbocycles. The van der Waals surface area contributed by atoms with Gasteiger partial charge in [-0.1, -0.05) is 12.1 Å². The molecule has 0 unspecified atom stereocenters. The Morgan fingerprint density at radius 2 is 2.12 bits per heavy atom. The highest BCUT2D eigenvalue weighted by Gasteiger charge is 2.03. The van der Waals surface area contributed by atoms with E-state index in [1.807, 2.05) is 19.9 Å². The highest BCUT2D eigenvalue weighted by atomic mass is 32.1. The van der Waals surface area contributed by atoms with E-state index in [0.29, 0.717) is 6.54 Å². The average molecular weight is 250 g/mol. The monoisotopic (exact) mass is 250 g/mol. The summed E-state index contributed by atoms with van der Waals surface area (Å²) >= 11 is 1.70. The lowest BCUT2D eigenvalue weighted by atomic mass is 10.2. The molecule has 0 saturated carbocycles. The van der Waals surface area contributed by atoms with Gasteiger partial charge in [0, 0.05) is 18.0 Å². The van der Waals surface area contributed by atoms with Crippen molar-refractivity contribution in [2.75, 3.05) is 0 Å². The molecule has 1 aromatic carbocycles. The summed E-state index contributed by atoms with van der Waals surface area (Å²) in [4.78, 5) is 5.62. The van der Waals surface area contributed by atoms with Gasteiger partial charge in [0.2, 0.25) is 0 Å². The molecule has 0 aliphatic heterocycles. The molecule has 2 rings (SSSR count). The summed E-state index contributed by atoms with van der Waals surface area (Å²) in [5.74, 6) is -0.186. The van der Waals surface area contributed by atoms with Crippen molar-refractivity contribution < 1.29 is 4.39 Å². The van der Waals surface area contributed by atoms with Crippen LogP contribution in [-0.2, 0) is 13.1 Å². The lowest BCUT2D eigenvalue weighted by Crippen LogP contribution is -2.12. The zero-order valence-corrected chi connectivity index (χ0v) is 10.8. The van der Waals surface area contributed by atoms with Gasteiger partial charge in [-0.2, -0.15) is 0 Å². The quantitative estimate of drug-likeness (QED) is 0.901. The number of aromatic nitrogens is 1. The Morgan fingerprint density at radius 1 is 1.29 bits per heavy atom. The van der Waals surface area contributed by atoms with E-state index in [9.17, 15) is 4.39 Å². The van der Waals surface area contributed by atoms with E-state index in [1.54, 1.807) is 23.5 Å². The van der Waals surface area contributed by atoms with E-state index in [4.69, 9.17) is 0 Å². The van der Waals surface area contributed by atoms with Crippen LogP contribution in [0.3, 0.4) is 0 Å². The number of halogens is 1. The van der Waals surface area contributed by atoms with Crippen molar-refractivity contribution in [2.45, 2.75) is 26.9 Å². The largest absolute Gasteiger partial charge is 0.308 e. The maximum atomic E-state index is 12.9. The number of nitrogens with one attached hydrogen (secondary N) is 1. The van der Waals surface area contributed by atoms with E-state index in [2.05, 4.69) is 10.3 Å². The molecule has 0 bridgehead atoms. The third-order valence-electron chi connectivity index (χ3n) is 2.50. The van der Waals surface area contributed by atoms with Crippen LogP contribution in [0.1, 0.15) is 21.1 Å². The summed E-state index contributed by atoms with van der Waals surface area (Å²) < 4.78 is 12.9. The number of aryl methyl sites for hydroxylation is 2. The van der Waals surface area contributed by atoms with Crippen LogP contribution in [0.4, 0.5) is 4.39 Å². The molecule has 1 N–H and O–H groups in total. The van der Waals surface area contributed by atoms with Gasteiger partial charge < -0.3 is 5.32 Å². The summed E-state index contributed by atoms with van der Waals surface area (Å²) in [5, 5.41) is 4.39. The van der Waals surface area contributed by atoms with Gasteiger partial charge in [-0.3, -0.25) is 0 Å². The predicted molar refractivity (Wildman–Crippen MR) is 68.5 cm³/mol. The second kappa shape index (κ2) is 5.38. The van der Waals surface area contributed by atoms with Gasteiger partial charge in [0.1, 0.15) is 5.82 Å². The molecule has 0 radical (unpaired) electrons. The molecular formula is C13H15FN2S. The molecule has 1 aromatic heterocycles. The van der Waals surface area contributed by atoms with E-state index >= 15 is 0 Å². The Kier molecular flexibility index (Phi) is 3.86. The lowest BCUT2D eigenvalue weighted by Gasteiger charge is -2.04. The van der Waals surface area contributed by atoms with Gasteiger partial charge in [-0.25, -0.2) is 9.37 Å². The minimum Gasteiger partial charge on any atom is -0.308 e. The van der Waals surface area contributed by atoms with Crippen molar-refractivity contribution in [2.24, 2.45) is 0 Å². The standard InChI is InChI=1S/C13H15FN2S/c1-9-13(17-10(2)16-9)8-15-7-11-4-3-5-12(14)6-11/h3-6,15H,7-8H2,1-2H3. The third kappa shape index (κ3) is 3.35. The van der Waals surface area contributed by atoms with Crippen molar-refractivity contribution >= 4 is 11.3 Å². The van der Waals surface area contributed by atoms with Crippen LogP contribution in [0.2, 0.25) is 0 Å². The smallest absolute Gasteiger partial charge is 0.123 e. The summed E-state index contributed by atoms with van der Waals surface area (Å²) in [6.45, 7) is 5.48. The molecule has 17 heavy (non-hydrogen) atoms. The van der Waals surface area contributed by atoms with Gasteiger partial charge in [0.15, 0.2) is 0 Å². The van der Waals surface area contributed by atoms with E-state index in [1.165, 1.54) is 10.9 Å². The normalized spacial score (nSPS) is 10.8. The van der Waals surface area contributed by atoms with Gasteiger partial charge in [0.25, 0.3) is 0 Å². The molecule has 0 spiro atoms. The fraction of sp³-hybridized carbons (Fsp3) is 0.308. The van der Waals surface area contributed by atoms with Gasteiger partial charge >= 0.3 is 0 Å². The van der Waals surface area contributed by atoms with Gasteiger partial charge in [-0.15, -0.1) is 11.3 Å². The number of hydrogen-bond donors (Lipinski definition) is 1. The zero-order chi connectivity index (χ0) is 12.3. The second-order valence-corrected chi connectivity index (χ2v) is 5.26. The fourth-order valence-electron chi connectivity index (χ4n) is 1.70. The third-order valence-corrected chi connectivity index (χ3v) is 3.58. The minimum absolute atomic E-state index is 0.186. The van der Waals surface area contributed by atoms with Crippen LogP contribution < -0.4 is 5.32 Å². The maximum Gasteiger partial charge on any atom is 0.123 e. The number of rotatable bonds is 4. The molecule has 0 atom stereocenters. The van der Waals surface area contributed by atoms with Crippen molar-refractivity contribution in [1.82, 2.24) is 10.3 Å². The molecule has 0 aliphatic rings. The Balaban J connectivity index is 1.89. The minimum atomic E-state index is -0.186. The van der Waals surface area contributed by atoms with Crippen LogP contribution >= 0.6 is 11.3 Å². The topological polar surface area (TPSA) is 24.9 Å². The van der Waals surface area contributed by atoms with Crippen molar-refractivity contribution in [3.8, 4) is 0 Å². The van der Waals surface area contributed by atoms with Gasteiger partial charge in [-0.05, 0) is 31.5 Å². The number of nitrogens with zero attached hydrogens (tertiary/aromatic N) is 1. The lowest BCUT2D eigenvalue weighted by molar-refractivity contribution is 0.620. The van der Waals surface area contributed by atoms with Crippen molar-refractivity contribution in [1.29, 1.82) is 0 Å². The Bertz CT molecular complexity index is 508. The van der Waals surface area contributed by atoms with E-state index in [-0.39, 0.29) is 5.82 Å². The van der Waals surface area contributed by atoms with Crippen LogP contribution in [0.5, 0.6) is 0 Å². The molecule has 4 heteroatoms.